The zero-order chi connectivity index (χ0) is 10.0. The molecule has 0 radical (unpaired) electrons. The summed E-state index contributed by atoms with van der Waals surface area (Å²) in [7, 11) is 0. The molecule has 0 unspecified atom stereocenters. The van der Waals surface area contributed by atoms with Crippen LogP contribution in [0.15, 0.2) is 0 Å². The van der Waals surface area contributed by atoms with E-state index in [1.54, 1.807) is 11.6 Å². The Morgan fingerprint density at radius 2 is 2.15 bits per heavy atom. The van der Waals surface area contributed by atoms with Crippen molar-refractivity contribution in [1.29, 1.82) is 0 Å². The van der Waals surface area contributed by atoms with Gasteiger partial charge in [0, 0.05) is 5.69 Å². The van der Waals surface area contributed by atoms with Gasteiger partial charge in [-0.2, -0.15) is 5.10 Å². The van der Waals surface area contributed by atoms with Crippen LogP contribution in [0.25, 0.3) is 0 Å². The Kier molecular flexibility index (Phi) is 2.83. The number of hydrogen-bond donors (Lipinski definition) is 1. The van der Waals surface area contributed by atoms with Gasteiger partial charge in [0.25, 0.3) is 0 Å². The van der Waals surface area contributed by atoms with Crippen molar-refractivity contribution in [3.05, 3.63) is 17.0 Å². The second-order valence-corrected chi connectivity index (χ2v) is 3.05. The lowest BCUT2D eigenvalue weighted by Crippen LogP contribution is -2.06. The number of carbonyl (C=O) groups is 1. The normalized spacial score (nSPS) is 10.5. The second-order valence-electron chi connectivity index (χ2n) is 3.05. The third kappa shape index (κ3) is 1.78. The molecule has 1 N–H and O–H groups in total. The highest BCUT2D eigenvalue weighted by atomic mass is 16.3. The van der Waals surface area contributed by atoms with E-state index in [4.69, 9.17) is 5.11 Å². The van der Waals surface area contributed by atoms with Crippen LogP contribution in [0, 0.1) is 13.8 Å². The minimum atomic E-state index is 0.0270. The molecule has 1 aromatic rings. The number of rotatable bonds is 3. The van der Waals surface area contributed by atoms with Crippen molar-refractivity contribution >= 4 is 5.78 Å². The van der Waals surface area contributed by atoms with Crippen LogP contribution in [0.2, 0.25) is 0 Å². The maximum absolute atomic E-state index is 11.2. The predicted molar refractivity (Wildman–Crippen MR) is 48.8 cm³/mol. The monoisotopic (exact) mass is 182 g/mol. The maximum Gasteiger partial charge on any atom is 0.163 e. The largest absolute Gasteiger partial charge is 0.394 e. The first-order valence-corrected chi connectivity index (χ1v) is 4.23. The topological polar surface area (TPSA) is 55.1 Å². The van der Waals surface area contributed by atoms with Crippen LogP contribution >= 0.6 is 0 Å². The Hall–Kier alpha value is -1.16. The van der Waals surface area contributed by atoms with Crippen LogP contribution in [-0.4, -0.2) is 27.3 Å². The van der Waals surface area contributed by atoms with Gasteiger partial charge >= 0.3 is 0 Å². The van der Waals surface area contributed by atoms with Gasteiger partial charge in [-0.3, -0.25) is 9.48 Å². The van der Waals surface area contributed by atoms with Crippen molar-refractivity contribution in [3.8, 4) is 0 Å². The Balaban J connectivity index is 3.14. The summed E-state index contributed by atoms with van der Waals surface area (Å²) < 4.78 is 1.66. The van der Waals surface area contributed by atoms with Gasteiger partial charge in [0.05, 0.1) is 24.4 Å². The third-order valence-corrected chi connectivity index (χ3v) is 2.05. The summed E-state index contributed by atoms with van der Waals surface area (Å²) in [5.41, 5.74) is 2.24. The van der Waals surface area contributed by atoms with Crippen molar-refractivity contribution in [3.63, 3.8) is 0 Å². The molecule has 1 aromatic heterocycles. The molecule has 1 heterocycles. The number of Topliss-reactive ketones (excluding diaryl/α,β-unsaturated/α-hetero) is 1. The molecule has 0 atom stereocenters. The van der Waals surface area contributed by atoms with Crippen molar-refractivity contribution in [2.24, 2.45) is 0 Å². The van der Waals surface area contributed by atoms with Gasteiger partial charge in [0.15, 0.2) is 5.78 Å². The number of carbonyl (C=O) groups excluding carboxylic acids is 1. The summed E-state index contributed by atoms with van der Waals surface area (Å²) in [6.07, 6.45) is 0. The summed E-state index contributed by atoms with van der Waals surface area (Å²) in [6.45, 7) is 5.66. The summed E-state index contributed by atoms with van der Waals surface area (Å²) in [5, 5.41) is 12.9. The molecule has 13 heavy (non-hydrogen) atoms. The lowest BCUT2D eigenvalue weighted by Gasteiger charge is -2.00. The number of hydrogen-bond acceptors (Lipinski definition) is 3. The lowest BCUT2D eigenvalue weighted by atomic mass is 10.1. The van der Waals surface area contributed by atoms with Crippen molar-refractivity contribution in [2.45, 2.75) is 27.3 Å². The van der Waals surface area contributed by atoms with Crippen molar-refractivity contribution in [2.75, 3.05) is 6.61 Å². The molecule has 0 saturated carbocycles. The molecule has 0 aromatic carbocycles. The van der Waals surface area contributed by atoms with Gasteiger partial charge in [-0.05, 0) is 20.8 Å². The van der Waals surface area contributed by atoms with Gasteiger partial charge in [0.2, 0.25) is 0 Å². The Bertz CT molecular complexity index is 329. The Labute approximate surface area is 77.2 Å². The van der Waals surface area contributed by atoms with Crippen LogP contribution in [0.4, 0.5) is 0 Å². The van der Waals surface area contributed by atoms with E-state index >= 15 is 0 Å². The SMILES string of the molecule is CC(=O)c1c(C)nn(CCO)c1C. The minimum Gasteiger partial charge on any atom is -0.394 e. The Morgan fingerprint density at radius 1 is 1.54 bits per heavy atom. The number of nitrogens with zero attached hydrogens (tertiary/aromatic N) is 2. The minimum absolute atomic E-state index is 0.0270. The van der Waals surface area contributed by atoms with Crippen molar-refractivity contribution < 1.29 is 9.90 Å². The fourth-order valence-electron chi connectivity index (χ4n) is 1.52. The molecule has 0 aliphatic rings. The lowest BCUT2D eigenvalue weighted by molar-refractivity contribution is 0.101. The highest BCUT2D eigenvalue weighted by Gasteiger charge is 2.14. The van der Waals surface area contributed by atoms with E-state index in [1.165, 1.54) is 6.92 Å². The molecular weight excluding hydrogens is 168 g/mol. The van der Waals surface area contributed by atoms with Gasteiger partial charge in [-0.1, -0.05) is 0 Å². The molecule has 0 bridgehead atoms. The highest BCUT2D eigenvalue weighted by Crippen LogP contribution is 2.12. The standard InChI is InChI=1S/C9H14N2O2/c1-6-9(8(3)13)7(2)11(10-6)4-5-12/h12H,4-5H2,1-3H3. The van der Waals surface area contributed by atoms with E-state index in [2.05, 4.69) is 5.10 Å². The van der Waals surface area contributed by atoms with E-state index in [0.29, 0.717) is 12.1 Å². The average molecular weight is 182 g/mol. The molecular formula is C9H14N2O2. The first-order chi connectivity index (χ1) is 6.07. The first-order valence-electron chi connectivity index (χ1n) is 4.23. The summed E-state index contributed by atoms with van der Waals surface area (Å²) in [6, 6.07) is 0. The van der Waals surface area contributed by atoms with Crippen LogP contribution < -0.4 is 0 Å². The summed E-state index contributed by atoms with van der Waals surface area (Å²) in [5.74, 6) is 0.0270. The van der Waals surface area contributed by atoms with E-state index in [1.807, 2.05) is 6.92 Å². The molecule has 72 valence electrons. The summed E-state index contributed by atoms with van der Waals surface area (Å²) >= 11 is 0. The number of aromatic nitrogens is 2. The maximum atomic E-state index is 11.2. The predicted octanol–water partition coefficient (Wildman–Crippen LogP) is 0.695. The first kappa shape index (κ1) is 9.92. The fourth-order valence-corrected chi connectivity index (χ4v) is 1.52. The average Bonchev–Trinajstić information content (AvgIpc) is 2.28. The molecule has 0 fully saturated rings. The van der Waals surface area contributed by atoms with Crippen molar-refractivity contribution in [1.82, 2.24) is 9.78 Å². The number of ketones is 1. The molecule has 0 aliphatic carbocycles. The molecule has 0 spiro atoms. The molecule has 4 heteroatoms. The number of aliphatic hydroxyl groups is 1. The number of aliphatic hydroxyl groups excluding tert-OH is 1. The highest BCUT2D eigenvalue weighted by molar-refractivity contribution is 5.96. The van der Waals surface area contributed by atoms with Crippen LogP contribution in [0.3, 0.4) is 0 Å². The fraction of sp³-hybridized carbons (Fsp3) is 0.556. The van der Waals surface area contributed by atoms with Crippen LogP contribution in [0.5, 0.6) is 0 Å². The Morgan fingerprint density at radius 3 is 2.54 bits per heavy atom. The van der Waals surface area contributed by atoms with E-state index in [9.17, 15) is 4.79 Å². The van der Waals surface area contributed by atoms with E-state index in [-0.39, 0.29) is 12.4 Å². The van der Waals surface area contributed by atoms with Crippen LogP contribution in [-0.2, 0) is 6.54 Å². The molecule has 4 nitrogen and oxygen atoms in total. The zero-order valence-electron chi connectivity index (χ0n) is 8.16. The zero-order valence-corrected chi connectivity index (χ0v) is 8.16. The van der Waals surface area contributed by atoms with Gasteiger partial charge in [-0.25, -0.2) is 0 Å². The molecule has 1 rings (SSSR count). The summed E-state index contributed by atoms with van der Waals surface area (Å²) in [4.78, 5) is 11.2. The number of aryl methyl sites for hydroxylation is 1. The molecule has 0 aliphatic heterocycles. The van der Waals surface area contributed by atoms with Gasteiger partial charge in [-0.15, -0.1) is 0 Å². The van der Waals surface area contributed by atoms with E-state index < -0.39 is 0 Å². The third-order valence-electron chi connectivity index (χ3n) is 2.05. The quantitative estimate of drug-likeness (QED) is 0.700. The second kappa shape index (κ2) is 3.70. The smallest absolute Gasteiger partial charge is 0.163 e. The molecule has 0 amide bonds. The van der Waals surface area contributed by atoms with Gasteiger partial charge < -0.3 is 5.11 Å². The van der Waals surface area contributed by atoms with Crippen LogP contribution in [0.1, 0.15) is 28.7 Å². The van der Waals surface area contributed by atoms with Gasteiger partial charge in [0.1, 0.15) is 0 Å². The van der Waals surface area contributed by atoms with E-state index in [0.717, 1.165) is 11.4 Å². The molecule has 0 saturated heterocycles.